The lowest BCUT2D eigenvalue weighted by Crippen LogP contribution is -2.34. The number of rotatable bonds is 1. The minimum absolute atomic E-state index is 0.0400. The smallest absolute Gasteiger partial charge is 0.255 e. The minimum atomic E-state index is -0.241. The predicted octanol–water partition coefficient (Wildman–Crippen LogP) is -0.663. The summed E-state index contributed by atoms with van der Waals surface area (Å²) < 4.78 is 0. The number of H-pyrrole nitrogens is 1. The van der Waals surface area contributed by atoms with Crippen LogP contribution in [0.5, 0.6) is 0 Å². The fraction of sp³-hybridized carbons (Fsp3) is 0.364. The Labute approximate surface area is 97.6 Å². The number of nitrogens with zero attached hydrogens (tertiary/aromatic N) is 1. The molecule has 2 amide bonds. The van der Waals surface area contributed by atoms with E-state index < -0.39 is 0 Å². The van der Waals surface area contributed by atoms with Gasteiger partial charge in [-0.25, -0.2) is 0 Å². The quantitative estimate of drug-likeness (QED) is 0.677. The molecule has 0 radical (unpaired) electrons. The molecule has 0 aromatic carbocycles. The third-order valence-corrected chi connectivity index (χ3v) is 2.63. The Morgan fingerprint density at radius 3 is 2.76 bits per heavy atom. The number of pyridine rings is 1. The number of carbonyl (C=O) groups excluding carboxylic acids is 2. The van der Waals surface area contributed by atoms with Gasteiger partial charge in [-0.1, -0.05) is 0 Å². The summed E-state index contributed by atoms with van der Waals surface area (Å²) in [6.07, 6.45) is 1.71. The van der Waals surface area contributed by atoms with Gasteiger partial charge in [-0.15, -0.1) is 0 Å². The van der Waals surface area contributed by atoms with Gasteiger partial charge in [0.25, 0.3) is 5.91 Å². The average Bonchev–Trinajstić information content (AvgIpc) is 2.54. The first kappa shape index (κ1) is 11.4. The molecule has 6 heteroatoms. The Hall–Kier alpha value is -2.11. The Kier molecular flexibility index (Phi) is 3.22. The highest BCUT2D eigenvalue weighted by atomic mass is 16.2. The molecular weight excluding hydrogens is 222 g/mol. The van der Waals surface area contributed by atoms with Crippen molar-refractivity contribution >= 4 is 11.8 Å². The topological polar surface area (TPSA) is 82.3 Å². The van der Waals surface area contributed by atoms with Crippen LogP contribution in [-0.2, 0) is 4.79 Å². The van der Waals surface area contributed by atoms with Crippen LogP contribution < -0.4 is 10.9 Å². The molecule has 1 aromatic rings. The van der Waals surface area contributed by atoms with Gasteiger partial charge < -0.3 is 15.2 Å². The second-order valence-electron chi connectivity index (χ2n) is 3.83. The molecule has 0 saturated carbocycles. The molecule has 1 aliphatic heterocycles. The maximum absolute atomic E-state index is 12.0. The number of carbonyl (C=O) groups is 2. The fourth-order valence-electron chi connectivity index (χ4n) is 1.70. The molecule has 1 aromatic heterocycles. The maximum Gasteiger partial charge on any atom is 0.255 e. The zero-order valence-corrected chi connectivity index (χ0v) is 9.23. The van der Waals surface area contributed by atoms with Gasteiger partial charge in [0.15, 0.2) is 0 Å². The zero-order chi connectivity index (χ0) is 12.3. The van der Waals surface area contributed by atoms with Crippen molar-refractivity contribution in [2.75, 3.05) is 19.6 Å². The van der Waals surface area contributed by atoms with E-state index in [0.717, 1.165) is 0 Å². The summed E-state index contributed by atoms with van der Waals surface area (Å²) in [4.78, 5) is 38.1. The molecule has 6 nitrogen and oxygen atoms in total. The highest BCUT2D eigenvalue weighted by molar-refractivity contribution is 5.94. The first-order chi connectivity index (χ1) is 8.16. The van der Waals surface area contributed by atoms with Crippen LogP contribution in [-0.4, -0.2) is 41.3 Å². The van der Waals surface area contributed by atoms with Crippen LogP contribution in [0.2, 0.25) is 0 Å². The Bertz CT molecular complexity index is 474. The van der Waals surface area contributed by atoms with Crippen LogP contribution in [0.3, 0.4) is 0 Å². The summed E-state index contributed by atoms with van der Waals surface area (Å²) in [6, 6.07) is 2.80. The number of aromatic nitrogens is 1. The zero-order valence-electron chi connectivity index (χ0n) is 9.23. The molecule has 0 unspecified atom stereocenters. The summed E-state index contributed by atoms with van der Waals surface area (Å²) in [6.45, 7) is 1.36. The first-order valence-electron chi connectivity index (χ1n) is 5.41. The molecule has 1 fully saturated rings. The van der Waals surface area contributed by atoms with Crippen LogP contribution in [0.25, 0.3) is 0 Å². The fourth-order valence-corrected chi connectivity index (χ4v) is 1.70. The normalized spacial score (nSPS) is 16.2. The van der Waals surface area contributed by atoms with Crippen molar-refractivity contribution in [1.82, 2.24) is 15.2 Å². The van der Waals surface area contributed by atoms with Crippen molar-refractivity contribution in [3.05, 3.63) is 34.2 Å². The molecule has 1 aliphatic rings. The molecule has 0 bridgehead atoms. The van der Waals surface area contributed by atoms with Gasteiger partial charge in [-0.3, -0.25) is 14.4 Å². The van der Waals surface area contributed by atoms with Gasteiger partial charge in [0.05, 0.1) is 5.56 Å². The monoisotopic (exact) mass is 235 g/mol. The van der Waals surface area contributed by atoms with E-state index in [1.807, 2.05) is 0 Å². The minimum Gasteiger partial charge on any atom is -0.354 e. The van der Waals surface area contributed by atoms with Crippen LogP contribution in [0.4, 0.5) is 0 Å². The van der Waals surface area contributed by atoms with E-state index in [-0.39, 0.29) is 17.4 Å². The lowest BCUT2D eigenvalue weighted by Gasteiger charge is -2.19. The lowest BCUT2D eigenvalue weighted by molar-refractivity contribution is -0.120. The van der Waals surface area contributed by atoms with Gasteiger partial charge in [-0.05, 0) is 6.07 Å². The molecule has 0 spiro atoms. The molecule has 0 atom stereocenters. The lowest BCUT2D eigenvalue weighted by atomic mass is 10.2. The number of aromatic amines is 1. The van der Waals surface area contributed by atoms with Gasteiger partial charge in [-0.2, -0.15) is 0 Å². The predicted molar refractivity (Wildman–Crippen MR) is 60.6 cm³/mol. The maximum atomic E-state index is 12.0. The number of amides is 2. The third-order valence-electron chi connectivity index (χ3n) is 2.63. The second-order valence-corrected chi connectivity index (χ2v) is 3.83. The van der Waals surface area contributed by atoms with Crippen molar-refractivity contribution in [1.29, 1.82) is 0 Å². The molecule has 0 aliphatic carbocycles. The van der Waals surface area contributed by atoms with E-state index in [1.54, 1.807) is 4.90 Å². The summed E-state index contributed by atoms with van der Waals surface area (Å²) in [7, 11) is 0. The van der Waals surface area contributed by atoms with Gasteiger partial charge in [0.2, 0.25) is 11.5 Å². The Morgan fingerprint density at radius 2 is 2.06 bits per heavy atom. The Morgan fingerprint density at radius 1 is 1.24 bits per heavy atom. The van der Waals surface area contributed by atoms with Crippen LogP contribution in [0.1, 0.15) is 16.8 Å². The van der Waals surface area contributed by atoms with Crippen LogP contribution in [0, 0.1) is 0 Å². The van der Waals surface area contributed by atoms with E-state index in [0.29, 0.717) is 31.6 Å². The highest BCUT2D eigenvalue weighted by Crippen LogP contribution is 2.04. The highest BCUT2D eigenvalue weighted by Gasteiger charge is 2.19. The molecule has 17 heavy (non-hydrogen) atoms. The SMILES string of the molecule is O=C1CCN(C(=O)c2ccc(=O)[nH]c2)CCN1. The van der Waals surface area contributed by atoms with Crippen molar-refractivity contribution in [3.8, 4) is 0 Å². The van der Waals surface area contributed by atoms with Crippen LogP contribution in [0.15, 0.2) is 23.1 Å². The second kappa shape index (κ2) is 4.82. The summed E-state index contributed by atoms with van der Waals surface area (Å²) in [5, 5.41) is 2.70. The summed E-state index contributed by atoms with van der Waals surface area (Å²) in [5.41, 5.74) is 0.188. The average molecular weight is 235 g/mol. The largest absolute Gasteiger partial charge is 0.354 e. The molecule has 2 N–H and O–H groups in total. The van der Waals surface area contributed by atoms with E-state index in [2.05, 4.69) is 10.3 Å². The van der Waals surface area contributed by atoms with E-state index >= 15 is 0 Å². The summed E-state index contributed by atoms with van der Waals surface area (Å²) >= 11 is 0. The molecule has 2 rings (SSSR count). The molecular formula is C11H13N3O3. The van der Waals surface area contributed by atoms with E-state index in [4.69, 9.17) is 0 Å². The van der Waals surface area contributed by atoms with E-state index in [1.165, 1.54) is 18.3 Å². The van der Waals surface area contributed by atoms with Gasteiger partial charge >= 0.3 is 0 Å². The number of hydrogen-bond acceptors (Lipinski definition) is 3. The van der Waals surface area contributed by atoms with Crippen molar-refractivity contribution in [3.63, 3.8) is 0 Å². The Balaban J connectivity index is 2.11. The number of nitrogens with one attached hydrogen (secondary N) is 2. The van der Waals surface area contributed by atoms with Crippen molar-refractivity contribution in [2.24, 2.45) is 0 Å². The standard InChI is InChI=1S/C11H13N3O3/c15-9-2-1-8(7-13-9)11(17)14-5-3-10(16)12-4-6-14/h1-2,7H,3-6H2,(H,12,16)(H,13,15). The van der Waals surface area contributed by atoms with Crippen molar-refractivity contribution < 1.29 is 9.59 Å². The van der Waals surface area contributed by atoms with E-state index in [9.17, 15) is 14.4 Å². The molecule has 2 heterocycles. The first-order valence-corrected chi connectivity index (χ1v) is 5.41. The summed E-state index contributed by atoms with van der Waals surface area (Å²) in [5.74, 6) is -0.209. The molecule has 1 saturated heterocycles. The molecule has 90 valence electrons. The van der Waals surface area contributed by atoms with Crippen molar-refractivity contribution in [2.45, 2.75) is 6.42 Å². The number of hydrogen-bond donors (Lipinski definition) is 2. The third kappa shape index (κ3) is 2.72. The van der Waals surface area contributed by atoms with Gasteiger partial charge in [0.1, 0.15) is 0 Å². The van der Waals surface area contributed by atoms with Crippen LogP contribution >= 0.6 is 0 Å². The van der Waals surface area contributed by atoms with Gasteiger partial charge in [0, 0.05) is 38.3 Å².